The van der Waals surface area contributed by atoms with Crippen molar-refractivity contribution in [3.8, 4) is 6.07 Å². The molecule has 0 bridgehead atoms. The smallest absolute Gasteiger partial charge is 0.221 e. The SMILES string of the molecule is Cc1cccc(C#N)c1C=CCC(N)=O. The van der Waals surface area contributed by atoms with Crippen molar-refractivity contribution < 1.29 is 4.79 Å². The zero-order chi connectivity index (χ0) is 11.3. The standard InChI is InChI=1S/C12H12N2O/c1-9-4-2-5-10(8-13)11(9)6-3-7-12(14)15/h2-6H,7H2,1H3,(H2,14,15). The molecule has 1 aromatic carbocycles. The van der Waals surface area contributed by atoms with E-state index in [1.165, 1.54) is 0 Å². The van der Waals surface area contributed by atoms with Crippen LogP contribution in [0, 0.1) is 18.3 Å². The van der Waals surface area contributed by atoms with Crippen molar-refractivity contribution in [3.63, 3.8) is 0 Å². The molecule has 1 amide bonds. The first-order valence-electron chi connectivity index (χ1n) is 4.59. The van der Waals surface area contributed by atoms with Crippen LogP contribution in [0.25, 0.3) is 6.08 Å². The maximum atomic E-state index is 10.5. The molecule has 0 spiro atoms. The molecule has 76 valence electrons. The molecule has 3 nitrogen and oxygen atoms in total. The molecule has 0 fully saturated rings. The van der Waals surface area contributed by atoms with Crippen LogP contribution in [0.4, 0.5) is 0 Å². The van der Waals surface area contributed by atoms with E-state index in [0.717, 1.165) is 11.1 Å². The first kappa shape index (κ1) is 11.0. The Morgan fingerprint density at radius 2 is 2.33 bits per heavy atom. The Hall–Kier alpha value is -2.08. The summed E-state index contributed by atoms with van der Waals surface area (Å²) in [6.07, 6.45) is 3.63. The number of carbonyl (C=O) groups is 1. The average molecular weight is 200 g/mol. The number of nitrogens with two attached hydrogens (primary N) is 1. The van der Waals surface area contributed by atoms with Gasteiger partial charge in [-0.2, -0.15) is 5.26 Å². The number of nitriles is 1. The van der Waals surface area contributed by atoms with E-state index in [1.807, 2.05) is 19.1 Å². The number of carbonyl (C=O) groups excluding carboxylic acids is 1. The van der Waals surface area contributed by atoms with Gasteiger partial charge in [-0.1, -0.05) is 24.3 Å². The molecule has 15 heavy (non-hydrogen) atoms. The highest BCUT2D eigenvalue weighted by molar-refractivity contribution is 5.77. The Morgan fingerprint density at radius 1 is 1.60 bits per heavy atom. The summed E-state index contributed by atoms with van der Waals surface area (Å²) in [7, 11) is 0. The maximum Gasteiger partial charge on any atom is 0.221 e. The fraction of sp³-hybridized carbons (Fsp3) is 0.167. The van der Waals surface area contributed by atoms with Gasteiger partial charge in [-0.15, -0.1) is 0 Å². The molecular weight excluding hydrogens is 188 g/mol. The van der Waals surface area contributed by atoms with Crippen molar-refractivity contribution >= 4 is 12.0 Å². The third kappa shape index (κ3) is 2.96. The highest BCUT2D eigenvalue weighted by Crippen LogP contribution is 2.15. The average Bonchev–Trinajstić information content (AvgIpc) is 2.20. The molecule has 0 aliphatic rings. The topological polar surface area (TPSA) is 66.9 Å². The van der Waals surface area contributed by atoms with Crippen LogP contribution in [0.1, 0.15) is 23.1 Å². The summed E-state index contributed by atoms with van der Waals surface area (Å²) in [5, 5.41) is 8.88. The molecule has 0 heterocycles. The van der Waals surface area contributed by atoms with Crippen LogP contribution in [0.5, 0.6) is 0 Å². The number of rotatable bonds is 3. The Balaban J connectivity index is 2.98. The Morgan fingerprint density at radius 3 is 2.93 bits per heavy atom. The minimum atomic E-state index is -0.377. The molecule has 0 atom stereocenters. The third-order valence-corrected chi connectivity index (χ3v) is 2.05. The zero-order valence-electron chi connectivity index (χ0n) is 8.53. The number of aryl methyl sites for hydroxylation is 1. The van der Waals surface area contributed by atoms with Crippen molar-refractivity contribution in [1.82, 2.24) is 0 Å². The second-order valence-corrected chi connectivity index (χ2v) is 3.22. The van der Waals surface area contributed by atoms with Crippen LogP contribution in [-0.2, 0) is 4.79 Å². The summed E-state index contributed by atoms with van der Waals surface area (Å²) in [6, 6.07) is 7.61. The van der Waals surface area contributed by atoms with Gasteiger partial charge in [-0.05, 0) is 24.1 Å². The first-order chi connectivity index (χ1) is 7.15. The van der Waals surface area contributed by atoms with Crippen LogP contribution < -0.4 is 5.73 Å². The largest absolute Gasteiger partial charge is 0.369 e. The van der Waals surface area contributed by atoms with Gasteiger partial charge in [0, 0.05) is 6.42 Å². The van der Waals surface area contributed by atoms with Crippen molar-refractivity contribution in [1.29, 1.82) is 5.26 Å². The third-order valence-electron chi connectivity index (χ3n) is 2.05. The molecule has 0 radical (unpaired) electrons. The Labute approximate surface area is 88.8 Å². The summed E-state index contributed by atoms with van der Waals surface area (Å²) in [5.74, 6) is -0.377. The number of nitrogens with zero attached hydrogens (tertiary/aromatic N) is 1. The molecule has 0 aliphatic heterocycles. The number of primary amides is 1. The van der Waals surface area contributed by atoms with Gasteiger partial charge in [0.1, 0.15) is 0 Å². The maximum absolute atomic E-state index is 10.5. The minimum absolute atomic E-state index is 0.194. The number of hydrogen-bond donors (Lipinski definition) is 1. The van der Waals surface area contributed by atoms with Gasteiger partial charge in [0.15, 0.2) is 0 Å². The molecule has 1 rings (SSSR count). The van der Waals surface area contributed by atoms with Crippen LogP contribution in [-0.4, -0.2) is 5.91 Å². The van der Waals surface area contributed by atoms with Gasteiger partial charge in [0.25, 0.3) is 0 Å². The molecule has 0 saturated carbocycles. The van der Waals surface area contributed by atoms with Gasteiger partial charge in [-0.25, -0.2) is 0 Å². The van der Waals surface area contributed by atoms with E-state index in [-0.39, 0.29) is 12.3 Å². The number of hydrogen-bond acceptors (Lipinski definition) is 2. The summed E-state index contributed by atoms with van der Waals surface area (Å²) in [5.41, 5.74) is 7.47. The van der Waals surface area contributed by atoms with E-state index < -0.39 is 0 Å². The van der Waals surface area contributed by atoms with E-state index in [9.17, 15) is 4.79 Å². The van der Waals surface area contributed by atoms with Crippen LogP contribution in [0.15, 0.2) is 24.3 Å². The molecule has 3 heteroatoms. The van der Waals surface area contributed by atoms with E-state index in [0.29, 0.717) is 5.56 Å². The second-order valence-electron chi connectivity index (χ2n) is 3.22. The summed E-state index contributed by atoms with van der Waals surface area (Å²) >= 11 is 0. The van der Waals surface area contributed by atoms with Gasteiger partial charge < -0.3 is 5.73 Å². The normalized spacial score (nSPS) is 10.1. The molecule has 0 saturated heterocycles. The van der Waals surface area contributed by atoms with E-state index >= 15 is 0 Å². The van der Waals surface area contributed by atoms with Crippen molar-refractivity contribution in [2.75, 3.05) is 0 Å². The lowest BCUT2D eigenvalue weighted by molar-refractivity contribution is -0.117. The number of benzene rings is 1. The van der Waals surface area contributed by atoms with Gasteiger partial charge in [0.2, 0.25) is 5.91 Å². The highest BCUT2D eigenvalue weighted by Gasteiger charge is 2.00. The quantitative estimate of drug-likeness (QED) is 0.807. The zero-order valence-corrected chi connectivity index (χ0v) is 8.53. The van der Waals surface area contributed by atoms with Gasteiger partial charge >= 0.3 is 0 Å². The lowest BCUT2D eigenvalue weighted by atomic mass is 10.0. The lowest BCUT2D eigenvalue weighted by Gasteiger charge is -2.01. The van der Waals surface area contributed by atoms with Gasteiger partial charge in [-0.3, -0.25) is 4.79 Å². The Bertz CT molecular complexity index is 441. The number of amides is 1. The predicted molar refractivity (Wildman–Crippen MR) is 58.7 cm³/mol. The molecule has 2 N–H and O–H groups in total. The highest BCUT2D eigenvalue weighted by atomic mass is 16.1. The lowest BCUT2D eigenvalue weighted by Crippen LogP contribution is -2.07. The molecular formula is C12H12N2O. The monoisotopic (exact) mass is 200 g/mol. The van der Waals surface area contributed by atoms with E-state index in [4.69, 9.17) is 11.0 Å². The summed E-state index contributed by atoms with van der Waals surface area (Å²) < 4.78 is 0. The summed E-state index contributed by atoms with van der Waals surface area (Å²) in [6.45, 7) is 1.92. The van der Waals surface area contributed by atoms with Crippen LogP contribution >= 0.6 is 0 Å². The molecule has 1 aromatic rings. The van der Waals surface area contributed by atoms with Crippen LogP contribution in [0.3, 0.4) is 0 Å². The van der Waals surface area contributed by atoms with Crippen molar-refractivity contribution in [2.45, 2.75) is 13.3 Å². The van der Waals surface area contributed by atoms with Crippen LogP contribution in [0.2, 0.25) is 0 Å². The Kier molecular flexibility index (Phi) is 3.64. The fourth-order valence-electron chi connectivity index (χ4n) is 1.29. The fourth-order valence-corrected chi connectivity index (χ4v) is 1.29. The molecule has 0 aromatic heterocycles. The molecule has 0 aliphatic carbocycles. The van der Waals surface area contributed by atoms with Crippen molar-refractivity contribution in [2.24, 2.45) is 5.73 Å². The second kappa shape index (κ2) is 4.97. The summed E-state index contributed by atoms with van der Waals surface area (Å²) in [4.78, 5) is 10.5. The van der Waals surface area contributed by atoms with Crippen molar-refractivity contribution in [3.05, 3.63) is 41.0 Å². The molecule has 0 unspecified atom stereocenters. The van der Waals surface area contributed by atoms with E-state index in [1.54, 1.807) is 18.2 Å². The predicted octanol–water partition coefficient (Wildman–Crippen LogP) is 1.76. The first-order valence-corrected chi connectivity index (χ1v) is 4.59. The van der Waals surface area contributed by atoms with Gasteiger partial charge in [0.05, 0.1) is 11.6 Å². The minimum Gasteiger partial charge on any atom is -0.369 e. The van der Waals surface area contributed by atoms with E-state index in [2.05, 4.69) is 6.07 Å².